The van der Waals surface area contributed by atoms with Crippen LogP contribution in [0.1, 0.15) is 50.6 Å². The predicted molar refractivity (Wildman–Crippen MR) is 135 cm³/mol. The van der Waals surface area contributed by atoms with E-state index in [1.54, 1.807) is 0 Å². The fraction of sp³-hybridized carbons (Fsp3) is 0.385. The van der Waals surface area contributed by atoms with Crippen LogP contribution in [0.15, 0.2) is 42.5 Å². The molecule has 0 bridgehead atoms. The van der Waals surface area contributed by atoms with E-state index in [-0.39, 0.29) is 6.61 Å². The fourth-order valence-electron chi connectivity index (χ4n) is 3.95. The molecule has 0 saturated heterocycles. The maximum atomic E-state index is 9.50. The van der Waals surface area contributed by atoms with Crippen molar-refractivity contribution in [3.05, 3.63) is 59.4 Å². The Labute approximate surface area is 190 Å². The van der Waals surface area contributed by atoms with Crippen molar-refractivity contribution in [1.82, 2.24) is 14.5 Å². The number of nitrogen functional groups attached to an aromatic ring is 1. The first-order valence-electron chi connectivity index (χ1n) is 11.6. The zero-order valence-corrected chi connectivity index (χ0v) is 19.7. The molecule has 0 fully saturated rings. The van der Waals surface area contributed by atoms with E-state index in [1.807, 2.05) is 39.1 Å². The van der Waals surface area contributed by atoms with Crippen LogP contribution < -0.4 is 11.1 Å². The van der Waals surface area contributed by atoms with Gasteiger partial charge in [-0.3, -0.25) is 0 Å². The summed E-state index contributed by atoms with van der Waals surface area (Å²) in [5.41, 5.74) is 12.1. The highest BCUT2D eigenvalue weighted by Crippen LogP contribution is 2.30. The maximum absolute atomic E-state index is 9.50. The van der Waals surface area contributed by atoms with Crippen LogP contribution in [0.4, 0.5) is 11.5 Å². The van der Waals surface area contributed by atoms with Crippen molar-refractivity contribution in [2.24, 2.45) is 0 Å². The Bertz CT molecular complexity index is 1160. The van der Waals surface area contributed by atoms with Crippen molar-refractivity contribution in [2.45, 2.75) is 59.6 Å². The minimum absolute atomic E-state index is 0.0147. The maximum Gasteiger partial charge on any atom is 0.152 e. The second-order valence-corrected chi connectivity index (χ2v) is 7.68. The summed E-state index contributed by atoms with van der Waals surface area (Å²) in [6.45, 7) is 7.01. The number of fused-ring (bicyclic) bond motifs is 3. The van der Waals surface area contributed by atoms with Crippen molar-refractivity contribution in [3.63, 3.8) is 0 Å². The standard InChI is InChI=1S/C24H29N5O.C2H6/c1-3-4-5-21-28-22-23(19-11-8-17(15-30)14-20(19)27-24(22)25)29(21)13-12-16-6-9-18(26-2)10-7-16;1-2/h6-11,14,26,30H,3-5,12-13,15H2,1-2H3,(H2,25,27);1-2H3. The molecule has 4 aromatic rings. The van der Waals surface area contributed by atoms with Gasteiger partial charge in [0.05, 0.1) is 17.6 Å². The molecule has 6 heteroatoms. The smallest absolute Gasteiger partial charge is 0.152 e. The van der Waals surface area contributed by atoms with E-state index < -0.39 is 0 Å². The number of imidazole rings is 1. The molecule has 0 saturated carbocycles. The molecule has 0 aliphatic carbocycles. The quantitative estimate of drug-likeness (QED) is 0.350. The number of aliphatic hydroxyl groups is 1. The summed E-state index contributed by atoms with van der Waals surface area (Å²) >= 11 is 0. The van der Waals surface area contributed by atoms with E-state index in [0.717, 1.165) is 71.2 Å². The Hall–Kier alpha value is -3.12. The first kappa shape index (κ1) is 23.5. The average molecular weight is 434 g/mol. The van der Waals surface area contributed by atoms with Crippen LogP contribution in [0, 0.1) is 0 Å². The molecule has 2 heterocycles. The van der Waals surface area contributed by atoms with Gasteiger partial charge >= 0.3 is 0 Å². The van der Waals surface area contributed by atoms with E-state index in [9.17, 15) is 5.11 Å². The normalized spacial score (nSPS) is 10.9. The molecule has 0 aliphatic rings. The van der Waals surface area contributed by atoms with Gasteiger partial charge in [0.1, 0.15) is 11.3 Å². The Morgan fingerprint density at radius 1 is 1.00 bits per heavy atom. The fourth-order valence-corrected chi connectivity index (χ4v) is 3.95. The molecule has 0 aliphatic heterocycles. The van der Waals surface area contributed by atoms with Crippen LogP contribution in [0.3, 0.4) is 0 Å². The Morgan fingerprint density at radius 3 is 2.38 bits per heavy atom. The van der Waals surface area contributed by atoms with Gasteiger partial charge in [-0.15, -0.1) is 0 Å². The van der Waals surface area contributed by atoms with Crippen LogP contribution in [0.5, 0.6) is 0 Å². The number of rotatable bonds is 8. The number of nitrogens with one attached hydrogen (secondary N) is 1. The van der Waals surface area contributed by atoms with Crippen LogP contribution in [-0.2, 0) is 26.0 Å². The number of anilines is 2. The van der Waals surface area contributed by atoms with E-state index >= 15 is 0 Å². The molecule has 170 valence electrons. The van der Waals surface area contributed by atoms with Crippen LogP contribution in [0.2, 0.25) is 0 Å². The highest BCUT2D eigenvalue weighted by molar-refractivity contribution is 6.06. The molecule has 0 radical (unpaired) electrons. The van der Waals surface area contributed by atoms with Gasteiger partial charge in [-0.25, -0.2) is 9.97 Å². The van der Waals surface area contributed by atoms with Gasteiger partial charge in [0, 0.05) is 31.1 Å². The first-order chi connectivity index (χ1) is 15.6. The van der Waals surface area contributed by atoms with Crippen LogP contribution in [0.25, 0.3) is 21.9 Å². The molecule has 4 N–H and O–H groups in total. The number of aromatic nitrogens is 3. The third kappa shape index (κ3) is 4.86. The molecule has 0 atom stereocenters. The summed E-state index contributed by atoms with van der Waals surface area (Å²) in [7, 11) is 1.93. The molecule has 2 aromatic carbocycles. The van der Waals surface area contributed by atoms with Crippen molar-refractivity contribution >= 4 is 33.4 Å². The summed E-state index contributed by atoms with van der Waals surface area (Å²) in [6.07, 6.45) is 4.02. The zero-order chi connectivity index (χ0) is 23.1. The van der Waals surface area contributed by atoms with Crippen LogP contribution >= 0.6 is 0 Å². The number of pyridine rings is 1. The Morgan fingerprint density at radius 2 is 1.72 bits per heavy atom. The van der Waals surface area contributed by atoms with Gasteiger partial charge in [0.2, 0.25) is 0 Å². The summed E-state index contributed by atoms with van der Waals surface area (Å²) in [4.78, 5) is 9.47. The van der Waals surface area contributed by atoms with E-state index in [2.05, 4.69) is 46.1 Å². The van der Waals surface area contributed by atoms with Crippen molar-refractivity contribution in [1.29, 1.82) is 0 Å². The van der Waals surface area contributed by atoms with Crippen LogP contribution in [-0.4, -0.2) is 26.7 Å². The number of hydrogen-bond donors (Lipinski definition) is 3. The molecule has 4 rings (SSSR count). The number of nitrogens with zero attached hydrogens (tertiary/aromatic N) is 3. The lowest BCUT2D eigenvalue weighted by molar-refractivity contribution is 0.282. The number of nitrogens with two attached hydrogens (primary N) is 1. The van der Waals surface area contributed by atoms with Crippen molar-refractivity contribution in [3.8, 4) is 0 Å². The molecular formula is C26H35N5O. The van der Waals surface area contributed by atoms with Crippen molar-refractivity contribution in [2.75, 3.05) is 18.1 Å². The molecule has 0 spiro atoms. The average Bonchev–Trinajstić information content (AvgIpc) is 3.21. The zero-order valence-electron chi connectivity index (χ0n) is 19.7. The van der Waals surface area contributed by atoms with Gasteiger partial charge in [-0.05, 0) is 42.2 Å². The van der Waals surface area contributed by atoms with Gasteiger partial charge in [0.15, 0.2) is 5.82 Å². The number of hydrogen-bond acceptors (Lipinski definition) is 5. The molecule has 0 unspecified atom stereocenters. The topological polar surface area (TPSA) is 89.0 Å². The highest BCUT2D eigenvalue weighted by atomic mass is 16.3. The highest BCUT2D eigenvalue weighted by Gasteiger charge is 2.17. The second-order valence-electron chi connectivity index (χ2n) is 7.68. The summed E-state index contributed by atoms with van der Waals surface area (Å²) in [6, 6.07) is 14.4. The number of unbranched alkanes of at least 4 members (excludes halogenated alkanes) is 1. The molecule has 0 amide bonds. The summed E-state index contributed by atoms with van der Waals surface area (Å²) in [5, 5.41) is 13.7. The van der Waals surface area contributed by atoms with Gasteiger partial charge in [0.25, 0.3) is 0 Å². The Balaban J connectivity index is 0.00000141. The van der Waals surface area contributed by atoms with E-state index in [4.69, 9.17) is 10.7 Å². The molecular weight excluding hydrogens is 398 g/mol. The number of aliphatic hydroxyl groups excluding tert-OH is 1. The third-order valence-electron chi connectivity index (χ3n) is 5.65. The van der Waals surface area contributed by atoms with Gasteiger partial charge in [-0.1, -0.05) is 51.5 Å². The predicted octanol–water partition coefficient (Wildman–Crippen LogP) is 5.31. The number of benzene rings is 2. The molecule has 32 heavy (non-hydrogen) atoms. The second kappa shape index (κ2) is 11.0. The largest absolute Gasteiger partial charge is 0.392 e. The molecule has 2 aromatic heterocycles. The third-order valence-corrected chi connectivity index (χ3v) is 5.65. The summed E-state index contributed by atoms with van der Waals surface area (Å²) < 4.78 is 2.32. The monoisotopic (exact) mass is 433 g/mol. The van der Waals surface area contributed by atoms with Gasteiger partial charge < -0.3 is 20.7 Å². The summed E-state index contributed by atoms with van der Waals surface area (Å²) in [5.74, 6) is 1.51. The van der Waals surface area contributed by atoms with Gasteiger partial charge in [-0.2, -0.15) is 0 Å². The van der Waals surface area contributed by atoms with E-state index in [1.165, 1.54) is 5.56 Å². The van der Waals surface area contributed by atoms with Crippen molar-refractivity contribution < 1.29 is 5.11 Å². The number of aryl methyl sites for hydroxylation is 3. The lowest BCUT2D eigenvalue weighted by atomic mass is 10.1. The Kier molecular flexibility index (Phi) is 8.06. The molecule has 6 nitrogen and oxygen atoms in total. The minimum atomic E-state index is -0.0147. The van der Waals surface area contributed by atoms with E-state index in [0.29, 0.717) is 5.82 Å². The lowest BCUT2D eigenvalue weighted by Crippen LogP contribution is -2.07. The minimum Gasteiger partial charge on any atom is -0.392 e. The SMILES string of the molecule is CC.CCCCc1nc2c(N)nc3cc(CO)ccc3c2n1CCc1ccc(NC)cc1. The first-order valence-corrected chi connectivity index (χ1v) is 11.6. The lowest BCUT2D eigenvalue weighted by Gasteiger charge is -2.12.